The van der Waals surface area contributed by atoms with Crippen LogP contribution in [-0.4, -0.2) is 9.55 Å². The minimum absolute atomic E-state index is 0.0117. The van der Waals surface area contributed by atoms with Crippen molar-refractivity contribution in [2.24, 2.45) is 5.73 Å². The summed E-state index contributed by atoms with van der Waals surface area (Å²) >= 11 is 0. The van der Waals surface area contributed by atoms with Gasteiger partial charge < -0.3 is 10.3 Å². The van der Waals surface area contributed by atoms with Gasteiger partial charge in [-0.1, -0.05) is 12.1 Å². The standard InChI is InChI=1S/C13H17N3/c1-9-4-5-10(2)12(6-9)16-8-15-7-13(16)11(3)14/h4-8,11H,14H2,1-3H3. The molecule has 0 aliphatic rings. The average molecular weight is 215 g/mol. The van der Waals surface area contributed by atoms with Gasteiger partial charge in [0.2, 0.25) is 0 Å². The summed E-state index contributed by atoms with van der Waals surface area (Å²) in [5.41, 5.74) is 10.6. The van der Waals surface area contributed by atoms with Crippen molar-refractivity contribution in [2.45, 2.75) is 26.8 Å². The molecule has 1 unspecified atom stereocenters. The minimum Gasteiger partial charge on any atom is -0.323 e. The molecule has 2 rings (SSSR count). The summed E-state index contributed by atoms with van der Waals surface area (Å²) < 4.78 is 2.06. The van der Waals surface area contributed by atoms with Crippen LogP contribution in [0.4, 0.5) is 0 Å². The molecule has 0 saturated heterocycles. The molecular formula is C13H17N3. The Morgan fingerprint density at radius 3 is 2.75 bits per heavy atom. The predicted molar refractivity (Wildman–Crippen MR) is 65.6 cm³/mol. The van der Waals surface area contributed by atoms with Gasteiger partial charge in [-0.25, -0.2) is 4.98 Å². The van der Waals surface area contributed by atoms with Crippen LogP contribution in [0.1, 0.15) is 29.8 Å². The fourth-order valence-electron chi connectivity index (χ4n) is 1.82. The van der Waals surface area contributed by atoms with E-state index in [1.807, 2.05) is 19.4 Å². The van der Waals surface area contributed by atoms with Gasteiger partial charge in [-0.2, -0.15) is 0 Å². The number of hydrogen-bond acceptors (Lipinski definition) is 2. The number of nitrogens with zero attached hydrogens (tertiary/aromatic N) is 2. The molecule has 0 aliphatic carbocycles. The molecular weight excluding hydrogens is 198 g/mol. The summed E-state index contributed by atoms with van der Waals surface area (Å²) in [6, 6.07) is 6.38. The molecule has 84 valence electrons. The number of nitrogens with two attached hydrogens (primary N) is 1. The summed E-state index contributed by atoms with van der Waals surface area (Å²) in [6.07, 6.45) is 3.65. The molecule has 1 heterocycles. The second-order valence-electron chi connectivity index (χ2n) is 4.27. The van der Waals surface area contributed by atoms with E-state index in [1.165, 1.54) is 11.1 Å². The lowest BCUT2D eigenvalue weighted by Gasteiger charge is -2.13. The molecule has 0 spiro atoms. The summed E-state index contributed by atoms with van der Waals surface area (Å²) in [5.74, 6) is 0. The van der Waals surface area contributed by atoms with Crippen LogP contribution in [0.25, 0.3) is 5.69 Å². The van der Waals surface area contributed by atoms with E-state index in [1.54, 1.807) is 0 Å². The van der Waals surface area contributed by atoms with Gasteiger partial charge in [0.15, 0.2) is 0 Å². The first-order valence-corrected chi connectivity index (χ1v) is 5.45. The lowest BCUT2D eigenvalue weighted by atomic mass is 10.1. The molecule has 3 heteroatoms. The molecule has 1 atom stereocenters. The van der Waals surface area contributed by atoms with Gasteiger partial charge in [-0.3, -0.25) is 0 Å². The fourth-order valence-corrected chi connectivity index (χ4v) is 1.82. The summed E-state index contributed by atoms with van der Waals surface area (Å²) in [5, 5.41) is 0. The molecule has 3 nitrogen and oxygen atoms in total. The third-order valence-corrected chi connectivity index (χ3v) is 2.76. The van der Waals surface area contributed by atoms with Crippen LogP contribution < -0.4 is 5.73 Å². The maximum Gasteiger partial charge on any atom is 0.0994 e. The monoisotopic (exact) mass is 215 g/mol. The Labute approximate surface area is 95.9 Å². The lowest BCUT2D eigenvalue weighted by Crippen LogP contribution is -2.11. The highest BCUT2D eigenvalue weighted by Crippen LogP contribution is 2.20. The first-order valence-electron chi connectivity index (χ1n) is 5.45. The Balaban J connectivity index is 2.58. The molecule has 0 bridgehead atoms. The largest absolute Gasteiger partial charge is 0.323 e. The zero-order valence-electron chi connectivity index (χ0n) is 9.94. The van der Waals surface area contributed by atoms with Crippen molar-refractivity contribution < 1.29 is 0 Å². The zero-order chi connectivity index (χ0) is 11.7. The van der Waals surface area contributed by atoms with E-state index in [0.717, 1.165) is 11.4 Å². The highest BCUT2D eigenvalue weighted by atomic mass is 15.1. The maximum atomic E-state index is 5.92. The van der Waals surface area contributed by atoms with Crippen molar-refractivity contribution in [3.8, 4) is 5.69 Å². The van der Waals surface area contributed by atoms with Gasteiger partial charge in [0, 0.05) is 11.7 Å². The van der Waals surface area contributed by atoms with Crippen LogP contribution in [0.2, 0.25) is 0 Å². The Bertz CT molecular complexity index is 498. The van der Waals surface area contributed by atoms with Gasteiger partial charge in [-0.15, -0.1) is 0 Å². The number of imidazole rings is 1. The van der Waals surface area contributed by atoms with Crippen molar-refractivity contribution in [2.75, 3.05) is 0 Å². The van der Waals surface area contributed by atoms with Gasteiger partial charge in [-0.05, 0) is 38.0 Å². The number of rotatable bonds is 2. The normalized spacial score (nSPS) is 12.8. The van der Waals surface area contributed by atoms with Crippen molar-refractivity contribution in [3.05, 3.63) is 47.5 Å². The summed E-state index contributed by atoms with van der Waals surface area (Å²) in [4.78, 5) is 4.17. The maximum absolute atomic E-state index is 5.92. The second-order valence-corrected chi connectivity index (χ2v) is 4.27. The highest BCUT2D eigenvalue weighted by molar-refractivity contribution is 5.44. The molecule has 2 N–H and O–H groups in total. The zero-order valence-corrected chi connectivity index (χ0v) is 9.94. The Kier molecular flexibility index (Phi) is 2.79. The van der Waals surface area contributed by atoms with E-state index in [4.69, 9.17) is 5.73 Å². The van der Waals surface area contributed by atoms with E-state index in [2.05, 4.69) is 41.6 Å². The molecule has 16 heavy (non-hydrogen) atoms. The van der Waals surface area contributed by atoms with Crippen molar-refractivity contribution in [1.29, 1.82) is 0 Å². The topological polar surface area (TPSA) is 43.8 Å². The lowest BCUT2D eigenvalue weighted by molar-refractivity contribution is 0.751. The first kappa shape index (κ1) is 10.9. The molecule has 1 aromatic carbocycles. The van der Waals surface area contributed by atoms with Crippen LogP contribution in [0, 0.1) is 13.8 Å². The van der Waals surface area contributed by atoms with E-state index < -0.39 is 0 Å². The van der Waals surface area contributed by atoms with Crippen LogP contribution in [0.5, 0.6) is 0 Å². The number of hydrogen-bond donors (Lipinski definition) is 1. The summed E-state index contributed by atoms with van der Waals surface area (Å²) in [6.45, 7) is 6.16. The number of benzene rings is 1. The predicted octanol–water partition coefficient (Wildman–Crippen LogP) is 2.51. The first-order chi connectivity index (χ1) is 7.59. The van der Waals surface area contributed by atoms with E-state index in [0.29, 0.717) is 0 Å². The van der Waals surface area contributed by atoms with Gasteiger partial charge in [0.05, 0.1) is 18.2 Å². The quantitative estimate of drug-likeness (QED) is 0.836. The van der Waals surface area contributed by atoms with Crippen LogP contribution in [0.15, 0.2) is 30.7 Å². The Morgan fingerprint density at radius 1 is 1.31 bits per heavy atom. The van der Waals surface area contributed by atoms with Crippen LogP contribution >= 0.6 is 0 Å². The molecule has 0 aliphatic heterocycles. The van der Waals surface area contributed by atoms with Crippen LogP contribution in [0.3, 0.4) is 0 Å². The minimum atomic E-state index is -0.0117. The van der Waals surface area contributed by atoms with Gasteiger partial charge >= 0.3 is 0 Å². The Morgan fingerprint density at radius 2 is 2.06 bits per heavy atom. The second kappa shape index (κ2) is 4.10. The number of aromatic nitrogens is 2. The molecule has 0 fully saturated rings. The summed E-state index contributed by atoms with van der Waals surface area (Å²) in [7, 11) is 0. The molecule has 1 aromatic heterocycles. The molecule has 0 radical (unpaired) electrons. The third kappa shape index (κ3) is 1.86. The Hall–Kier alpha value is -1.61. The molecule has 0 amide bonds. The van der Waals surface area contributed by atoms with E-state index in [9.17, 15) is 0 Å². The molecule has 0 saturated carbocycles. The van der Waals surface area contributed by atoms with Gasteiger partial charge in [0.1, 0.15) is 0 Å². The van der Waals surface area contributed by atoms with Crippen molar-refractivity contribution in [3.63, 3.8) is 0 Å². The number of aryl methyl sites for hydroxylation is 2. The highest BCUT2D eigenvalue weighted by Gasteiger charge is 2.09. The smallest absolute Gasteiger partial charge is 0.0994 e. The van der Waals surface area contributed by atoms with E-state index >= 15 is 0 Å². The van der Waals surface area contributed by atoms with Gasteiger partial charge in [0.25, 0.3) is 0 Å². The van der Waals surface area contributed by atoms with Crippen molar-refractivity contribution in [1.82, 2.24) is 9.55 Å². The third-order valence-electron chi connectivity index (χ3n) is 2.76. The molecule has 2 aromatic rings. The average Bonchev–Trinajstić information content (AvgIpc) is 2.70. The van der Waals surface area contributed by atoms with Crippen molar-refractivity contribution >= 4 is 0 Å². The van der Waals surface area contributed by atoms with E-state index in [-0.39, 0.29) is 6.04 Å². The van der Waals surface area contributed by atoms with Crippen LogP contribution in [-0.2, 0) is 0 Å². The SMILES string of the molecule is Cc1ccc(C)c(-n2cncc2C(C)N)c1. The fraction of sp³-hybridized carbons (Fsp3) is 0.308.